The molecule has 2 saturated heterocycles. The quantitative estimate of drug-likeness (QED) is 0.769. The van der Waals surface area contributed by atoms with Crippen LogP contribution in [0, 0.1) is 11.7 Å². The first-order chi connectivity index (χ1) is 15.0. The number of carbonyl (C=O) groups is 2. The van der Waals surface area contributed by atoms with Crippen molar-refractivity contribution in [1.29, 1.82) is 0 Å². The maximum absolute atomic E-state index is 13.5. The highest BCUT2D eigenvalue weighted by atomic mass is 19.1. The molecule has 31 heavy (non-hydrogen) atoms. The van der Waals surface area contributed by atoms with Crippen molar-refractivity contribution in [3.05, 3.63) is 35.6 Å². The zero-order valence-corrected chi connectivity index (χ0v) is 18.1. The van der Waals surface area contributed by atoms with Crippen molar-refractivity contribution >= 4 is 11.8 Å². The number of morpholine rings is 1. The van der Waals surface area contributed by atoms with Crippen LogP contribution in [0.4, 0.5) is 4.39 Å². The Labute approximate surface area is 182 Å². The number of nitrogens with zero attached hydrogens (tertiary/aromatic N) is 2. The molecule has 2 amide bonds. The molecule has 1 aromatic rings. The number of benzene rings is 1. The van der Waals surface area contributed by atoms with E-state index < -0.39 is 17.6 Å². The Kier molecular flexibility index (Phi) is 6.89. The summed E-state index contributed by atoms with van der Waals surface area (Å²) in [7, 11) is 0. The Hall–Kier alpha value is -2.03. The van der Waals surface area contributed by atoms with Crippen LogP contribution in [0.5, 0.6) is 0 Å². The van der Waals surface area contributed by atoms with Crippen LogP contribution in [0.3, 0.4) is 0 Å². The summed E-state index contributed by atoms with van der Waals surface area (Å²) in [5.74, 6) is -0.300. The first-order valence-corrected chi connectivity index (χ1v) is 11.3. The third-order valence-corrected chi connectivity index (χ3v) is 6.76. The fourth-order valence-corrected chi connectivity index (χ4v) is 4.79. The molecule has 1 aliphatic carbocycles. The summed E-state index contributed by atoms with van der Waals surface area (Å²) in [5, 5.41) is 2.99. The van der Waals surface area contributed by atoms with Gasteiger partial charge in [0.25, 0.3) is 5.91 Å². The number of nitrogens with one attached hydrogen (secondary N) is 1. The second-order valence-electron chi connectivity index (χ2n) is 8.88. The minimum absolute atomic E-state index is 0.185. The van der Waals surface area contributed by atoms with Crippen LogP contribution in [0.2, 0.25) is 0 Å². The molecule has 3 fully saturated rings. The summed E-state index contributed by atoms with van der Waals surface area (Å²) in [6, 6.07) is 4.81. The zero-order chi connectivity index (χ0) is 21.8. The van der Waals surface area contributed by atoms with Crippen LogP contribution < -0.4 is 5.32 Å². The Balaban J connectivity index is 1.47. The lowest BCUT2D eigenvalue weighted by atomic mass is 9.83. The molecule has 0 aromatic heterocycles. The minimum atomic E-state index is -0.760. The number of rotatable bonds is 5. The molecule has 0 bridgehead atoms. The summed E-state index contributed by atoms with van der Waals surface area (Å²) in [6.45, 7) is 6.79. The van der Waals surface area contributed by atoms with Gasteiger partial charge in [0, 0.05) is 31.7 Å². The van der Waals surface area contributed by atoms with E-state index in [0.29, 0.717) is 44.1 Å². The second kappa shape index (κ2) is 9.63. The van der Waals surface area contributed by atoms with Crippen molar-refractivity contribution in [3.8, 4) is 0 Å². The van der Waals surface area contributed by atoms with Crippen LogP contribution in [0.1, 0.15) is 43.0 Å². The topological polar surface area (TPSA) is 71.1 Å². The van der Waals surface area contributed by atoms with Crippen molar-refractivity contribution in [2.24, 2.45) is 5.92 Å². The van der Waals surface area contributed by atoms with E-state index in [-0.39, 0.29) is 18.4 Å². The third-order valence-electron chi connectivity index (χ3n) is 6.76. The number of hydrogen-bond donors (Lipinski definition) is 1. The van der Waals surface area contributed by atoms with E-state index in [2.05, 4.69) is 17.1 Å². The highest BCUT2D eigenvalue weighted by Crippen LogP contribution is 2.43. The van der Waals surface area contributed by atoms with Gasteiger partial charge < -0.3 is 14.8 Å². The maximum atomic E-state index is 13.5. The number of carbonyl (C=O) groups excluding carboxylic acids is 2. The molecule has 170 valence electrons. The van der Waals surface area contributed by atoms with E-state index in [4.69, 9.17) is 9.47 Å². The SMILES string of the molecule is CC1CCC2(CC1)OC[C@H](C(=O)NCCN1CCOCC1)N2C(=O)c1ccc(F)cc1. The molecule has 0 unspecified atom stereocenters. The molecule has 1 saturated carbocycles. The van der Waals surface area contributed by atoms with E-state index in [1.54, 1.807) is 4.90 Å². The average molecular weight is 434 g/mol. The molecule has 8 heteroatoms. The van der Waals surface area contributed by atoms with Gasteiger partial charge in [-0.15, -0.1) is 0 Å². The monoisotopic (exact) mass is 433 g/mol. The van der Waals surface area contributed by atoms with Gasteiger partial charge in [-0.1, -0.05) is 6.92 Å². The average Bonchev–Trinajstić information content (AvgIpc) is 3.15. The number of hydrogen-bond acceptors (Lipinski definition) is 5. The Morgan fingerprint density at radius 3 is 2.52 bits per heavy atom. The van der Waals surface area contributed by atoms with Crippen LogP contribution in [-0.2, 0) is 14.3 Å². The van der Waals surface area contributed by atoms with Gasteiger partial charge in [-0.3, -0.25) is 19.4 Å². The van der Waals surface area contributed by atoms with Crippen LogP contribution >= 0.6 is 0 Å². The summed E-state index contributed by atoms with van der Waals surface area (Å²) in [6.07, 6.45) is 3.30. The van der Waals surface area contributed by atoms with Crippen molar-refractivity contribution < 1.29 is 23.5 Å². The third kappa shape index (κ3) is 4.91. The lowest BCUT2D eigenvalue weighted by molar-refractivity contribution is -0.127. The molecule has 1 atom stereocenters. The van der Waals surface area contributed by atoms with Gasteiger partial charge in [0.2, 0.25) is 5.91 Å². The lowest BCUT2D eigenvalue weighted by Crippen LogP contribution is -2.57. The fourth-order valence-electron chi connectivity index (χ4n) is 4.79. The highest BCUT2D eigenvalue weighted by molar-refractivity contribution is 5.98. The molecule has 7 nitrogen and oxygen atoms in total. The largest absolute Gasteiger partial charge is 0.379 e. The number of halogens is 1. The van der Waals surface area contributed by atoms with Crippen LogP contribution in [0.15, 0.2) is 24.3 Å². The van der Waals surface area contributed by atoms with E-state index in [0.717, 1.165) is 32.5 Å². The van der Waals surface area contributed by atoms with Crippen molar-refractivity contribution in [3.63, 3.8) is 0 Å². The van der Waals surface area contributed by atoms with Gasteiger partial charge in [0.15, 0.2) is 0 Å². The molecule has 1 spiro atoms. The molecule has 4 rings (SSSR count). The molecule has 1 N–H and O–H groups in total. The highest BCUT2D eigenvalue weighted by Gasteiger charge is 2.53. The van der Waals surface area contributed by atoms with E-state index in [1.165, 1.54) is 24.3 Å². The summed E-state index contributed by atoms with van der Waals surface area (Å²) in [5.41, 5.74) is -0.388. The molecule has 2 heterocycles. The molecular weight excluding hydrogens is 401 g/mol. The Morgan fingerprint density at radius 1 is 1.16 bits per heavy atom. The predicted molar refractivity (Wildman–Crippen MR) is 113 cm³/mol. The Bertz CT molecular complexity index is 774. The molecule has 0 radical (unpaired) electrons. The van der Waals surface area contributed by atoms with Gasteiger partial charge in [-0.05, 0) is 55.9 Å². The first-order valence-electron chi connectivity index (χ1n) is 11.3. The fraction of sp³-hybridized carbons (Fsp3) is 0.652. The van der Waals surface area contributed by atoms with Crippen molar-refractivity contribution in [2.75, 3.05) is 46.0 Å². The second-order valence-corrected chi connectivity index (χ2v) is 8.88. The lowest BCUT2D eigenvalue weighted by Gasteiger charge is -2.43. The van der Waals surface area contributed by atoms with Crippen LogP contribution in [-0.4, -0.2) is 79.4 Å². The van der Waals surface area contributed by atoms with Gasteiger partial charge in [-0.25, -0.2) is 4.39 Å². The standard InChI is InChI=1S/C23H32FN3O4/c1-17-6-8-23(9-7-17)27(22(29)18-2-4-19(24)5-3-18)20(16-31-23)21(28)25-10-11-26-12-14-30-15-13-26/h2-5,17,20H,6-16H2,1H3,(H,25,28)/t17?,20-,23?/m1/s1. The van der Waals surface area contributed by atoms with E-state index >= 15 is 0 Å². The van der Waals surface area contributed by atoms with Gasteiger partial charge >= 0.3 is 0 Å². The smallest absolute Gasteiger partial charge is 0.256 e. The molecule has 1 aromatic carbocycles. The van der Waals surface area contributed by atoms with Crippen molar-refractivity contribution in [2.45, 2.75) is 44.4 Å². The zero-order valence-electron chi connectivity index (χ0n) is 18.1. The van der Waals surface area contributed by atoms with E-state index in [9.17, 15) is 14.0 Å². The molecular formula is C23H32FN3O4. The van der Waals surface area contributed by atoms with Gasteiger partial charge in [0.1, 0.15) is 17.6 Å². The first kappa shape index (κ1) is 22.2. The van der Waals surface area contributed by atoms with E-state index in [1.807, 2.05) is 0 Å². The minimum Gasteiger partial charge on any atom is -0.379 e. The summed E-state index contributed by atoms with van der Waals surface area (Å²) >= 11 is 0. The number of amides is 2. The predicted octanol–water partition coefficient (Wildman–Crippen LogP) is 2.02. The van der Waals surface area contributed by atoms with Crippen LogP contribution in [0.25, 0.3) is 0 Å². The normalized spacial score (nSPS) is 29.3. The van der Waals surface area contributed by atoms with Gasteiger partial charge in [-0.2, -0.15) is 0 Å². The summed E-state index contributed by atoms with van der Waals surface area (Å²) < 4.78 is 24.9. The molecule has 2 aliphatic heterocycles. The number of ether oxygens (including phenoxy) is 2. The Morgan fingerprint density at radius 2 is 1.84 bits per heavy atom. The summed E-state index contributed by atoms with van der Waals surface area (Å²) in [4.78, 5) is 30.4. The molecule has 3 aliphatic rings. The van der Waals surface area contributed by atoms with Gasteiger partial charge in [0.05, 0.1) is 19.8 Å². The van der Waals surface area contributed by atoms with Crippen molar-refractivity contribution in [1.82, 2.24) is 15.1 Å². The maximum Gasteiger partial charge on any atom is 0.256 e.